The van der Waals surface area contributed by atoms with Crippen molar-refractivity contribution in [2.45, 2.75) is 38.8 Å². The Kier molecular flexibility index (Phi) is 3.74. The minimum Gasteiger partial charge on any atom is -0.444 e. The molecule has 2 heterocycles. The molecule has 4 heteroatoms. The van der Waals surface area contributed by atoms with E-state index in [4.69, 9.17) is 9.15 Å². The van der Waals surface area contributed by atoms with E-state index in [0.29, 0.717) is 24.0 Å². The fraction of sp³-hybridized carbons (Fsp3) is 0.526. The molecule has 1 aromatic carbocycles. The van der Waals surface area contributed by atoms with Crippen LogP contribution in [0.2, 0.25) is 0 Å². The summed E-state index contributed by atoms with van der Waals surface area (Å²) in [4.78, 5) is 4.59. The first kappa shape index (κ1) is 14.9. The maximum atomic E-state index is 5.85. The fourth-order valence-electron chi connectivity index (χ4n) is 4.23. The maximum Gasteiger partial charge on any atom is 0.226 e. The molecule has 23 heavy (non-hydrogen) atoms. The largest absolute Gasteiger partial charge is 0.444 e. The lowest BCUT2D eigenvalue weighted by Gasteiger charge is -2.55. The first-order valence-electron chi connectivity index (χ1n) is 8.51. The molecular weight excluding hydrogens is 288 g/mol. The lowest BCUT2D eigenvalue weighted by Crippen LogP contribution is -2.66. The van der Waals surface area contributed by atoms with Crippen molar-refractivity contribution in [2.24, 2.45) is 11.3 Å². The van der Waals surface area contributed by atoms with Crippen LogP contribution in [-0.2, 0) is 11.2 Å². The molecule has 2 fully saturated rings. The lowest BCUT2D eigenvalue weighted by atomic mass is 9.57. The van der Waals surface area contributed by atoms with E-state index >= 15 is 0 Å². The van der Waals surface area contributed by atoms with Gasteiger partial charge in [-0.15, -0.1) is 0 Å². The topological polar surface area (TPSA) is 47.3 Å². The highest BCUT2D eigenvalue weighted by atomic mass is 16.5. The highest BCUT2D eigenvalue weighted by molar-refractivity contribution is 5.52. The molecular formula is C19H24N2O2. The van der Waals surface area contributed by atoms with Crippen LogP contribution in [0.1, 0.15) is 26.0 Å². The Balaban J connectivity index is 1.33. The number of nitrogens with zero attached hydrogens (tertiary/aromatic N) is 1. The SMILES string of the molecule is CC1(C)[C@H](NCCc2coc(-c3ccccc3)n2)[C@@H]2CCO[C@@H]21. The quantitative estimate of drug-likeness (QED) is 0.920. The third-order valence-electron chi connectivity index (χ3n) is 5.42. The zero-order valence-corrected chi connectivity index (χ0v) is 13.8. The van der Waals surface area contributed by atoms with Crippen molar-refractivity contribution in [1.82, 2.24) is 10.3 Å². The third kappa shape index (κ3) is 2.60. The van der Waals surface area contributed by atoms with Crippen molar-refractivity contribution in [3.05, 3.63) is 42.3 Å². The van der Waals surface area contributed by atoms with Gasteiger partial charge in [0.2, 0.25) is 5.89 Å². The van der Waals surface area contributed by atoms with E-state index in [-0.39, 0.29) is 5.41 Å². The molecule has 4 rings (SSSR count). The van der Waals surface area contributed by atoms with E-state index < -0.39 is 0 Å². The average Bonchev–Trinajstić information content (AvgIpc) is 3.20. The minimum absolute atomic E-state index is 0.236. The zero-order valence-electron chi connectivity index (χ0n) is 13.8. The van der Waals surface area contributed by atoms with Gasteiger partial charge in [0.15, 0.2) is 0 Å². The number of ether oxygens (including phenoxy) is 1. The van der Waals surface area contributed by atoms with Gasteiger partial charge in [-0.3, -0.25) is 0 Å². The fourth-order valence-corrected chi connectivity index (χ4v) is 4.23. The van der Waals surface area contributed by atoms with Crippen LogP contribution >= 0.6 is 0 Å². The van der Waals surface area contributed by atoms with Gasteiger partial charge < -0.3 is 14.5 Å². The summed E-state index contributed by atoms with van der Waals surface area (Å²) in [5, 5.41) is 3.72. The highest BCUT2D eigenvalue weighted by Crippen LogP contribution is 2.52. The number of fused-ring (bicyclic) bond motifs is 1. The number of hydrogen-bond donors (Lipinski definition) is 1. The molecule has 3 atom stereocenters. The van der Waals surface area contributed by atoms with Crippen molar-refractivity contribution in [3.63, 3.8) is 0 Å². The lowest BCUT2D eigenvalue weighted by molar-refractivity contribution is -0.112. The number of rotatable bonds is 5. The molecule has 1 aromatic heterocycles. The van der Waals surface area contributed by atoms with Crippen molar-refractivity contribution in [3.8, 4) is 11.5 Å². The first-order chi connectivity index (χ1) is 11.2. The Morgan fingerprint density at radius 1 is 1.26 bits per heavy atom. The van der Waals surface area contributed by atoms with Gasteiger partial charge in [-0.1, -0.05) is 32.0 Å². The molecule has 1 N–H and O–H groups in total. The summed E-state index contributed by atoms with van der Waals surface area (Å²) in [7, 11) is 0. The molecule has 2 aromatic rings. The summed E-state index contributed by atoms with van der Waals surface area (Å²) in [5.41, 5.74) is 2.27. The predicted octanol–water partition coefficient (Wildman–Crippen LogP) is 3.29. The van der Waals surface area contributed by atoms with E-state index in [1.807, 2.05) is 30.3 Å². The number of benzene rings is 1. The second-order valence-corrected chi connectivity index (χ2v) is 7.26. The smallest absolute Gasteiger partial charge is 0.226 e. The van der Waals surface area contributed by atoms with Crippen LogP contribution < -0.4 is 5.32 Å². The van der Waals surface area contributed by atoms with Gasteiger partial charge in [0, 0.05) is 42.5 Å². The summed E-state index contributed by atoms with van der Waals surface area (Å²) in [6, 6.07) is 10.6. The summed E-state index contributed by atoms with van der Waals surface area (Å²) < 4.78 is 11.4. The van der Waals surface area contributed by atoms with Crippen LogP contribution in [0.5, 0.6) is 0 Å². The van der Waals surface area contributed by atoms with Gasteiger partial charge in [-0.05, 0) is 18.6 Å². The van der Waals surface area contributed by atoms with Crippen LogP contribution in [0.4, 0.5) is 0 Å². The van der Waals surface area contributed by atoms with Crippen molar-refractivity contribution in [1.29, 1.82) is 0 Å². The normalized spacial score (nSPS) is 28.3. The Morgan fingerprint density at radius 2 is 2.09 bits per heavy atom. The summed E-state index contributed by atoms with van der Waals surface area (Å²) in [5.74, 6) is 1.39. The minimum atomic E-state index is 0.236. The monoisotopic (exact) mass is 312 g/mol. The molecule has 122 valence electrons. The van der Waals surface area contributed by atoms with E-state index in [1.54, 1.807) is 6.26 Å². The van der Waals surface area contributed by atoms with Gasteiger partial charge in [0.05, 0.1) is 11.8 Å². The standard InChI is InChI=1S/C19H24N2O2/c1-19(2)16(15-9-11-22-17(15)19)20-10-8-14-12-23-18(21-14)13-6-4-3-5-7-13/h3-7,12,15-17,20H,8-11H2,1-2H3/t15-,16+,17-/m0/s1. The Morgan fingerprint density at radius 3 is 2.91 bits per heavy atom. The van der Waals surface area contributed by atoms with Gasteiger partial charge in [-0.2, -0.15) is 0 Å². The van der Waals surface area contributed by atoms with Gasteiger partial charge in [0.1, 0.15) is 6.26 Å². The maximum absolute atomic E-state index is 5.85. The average molecular weight is 312 g/mol. The Labute approximate surface area is 137 Å². The van der Waals surface area contributed by atoms with Crippen molar-refractivity contribution < 1.29 is 9.15 Å². The molecule has 1 aliphatic carbocycles. The summed E-state index contributed by atoms with van der Waals surface area (Å²) in [6.45, 7) is 6.46. The number of hydrogen-bond acceptors (Lipinski definition) is 4. The van der Waals surface area contributed by atoms with Gasteiger partial charge >= 0.3 is 0 Å². The molecule has 1 saturated carbocycles. The van der Waals surface area contributed by atoms with E-state index in [0.717, 1.165) is 30.8 Å². The molecule has 4 nitrogen and oxygen atoms in total. The first-order valence-corrected chi connectivity index (χ1v) is 8.51. The number of aromatic nitrogens is 1. The summed E-state index contributed by atoms with van der Waals surface area (Å²) >= 11 is 0. The van der Waals surface area contributed by atoms with Crippen LogP contribution in [0.15, 0.2) is 41.0 Å². The molecule has 0 spiro atoms. The molecule has 0 radical (unpaired) electrons. The molecule has 0 bridgehead atoms. The van der Waals surface area contributed by atoms with E-state index in [9.17, 15) is 0 Å². The second kappa shape index (κ2) is 5.77. The van der Waals surface area contributed by atoms with Crippen LogP contribution in [-0.4, -0.2) is 30.3 Å². The zero-order chi connectivity index (χ0) is 15.9. The van der Waals surface area contributed by atoms with Crippen LogP contribution in [0.25, 0.3) is 11.5 Å². The van der Waals surface area contributed by atoms with Gasteiger partial charge in [0.25, 0.3) is 0 Å². The Hall–Kier alpha value is -1.65. The van der Waals surface area contributed by atoms with Crippen LogP contribution in [0, 0.1) is 11.3 Å². The summed E-state index contributed by atoms with van der Waals surface area (Å²) in [6.07, 6.45) is 4.30. The molecule has 0 unspecified atom stereocenters. The number of oxazole rings is 1. The van der Waals surface area contributed by atoms with Crippen LogP contribution in [0.3, 0.4) is 0 Å². The highest BCUT2D eigenvalue weighted by Gasteiger charge is 2.58. The molecule has 1 aliphatic heterocycles. The molecule has 0 amide bonds. The third-order valence-corrected chi connectivity index (χ3v) is 5.42. The molecule has 1 saturated heterocycles. The molecule has 2 aliphatic rings. The number of nitrogens with one attached hydrogen (secondary N) is 1. The van der Waals surface area contributed by atoms with Crippen molar-refractivity contribution >= 4 is 0 Å². The van der Waals surface area contributed by atoms with E-state index in [2.05, 4.69) is 24.1 Å². The van der Waals surface area contributed by atoms with E-state index in [1.165, 1.54) is 6.42 Å². The van der Waals surface area contributed by atoms with Crippen molar-refractivity contribution in [2.75, 3.05) is 13.2 Å². The second-order valence-electron chi connectivity index (χ2n) is 7.26. The Bertz CT molecular complexity index is 665. The van der Waals surface area contributed by atoms with Gasteiger partial charge in [-0.25, -0.2) is 4.98 Å². The predicted molar refractivity (Wildman–Crippen MR) is 89.1 cm³/mol.